The van der Waals surface area contributed by atoms with Gasteiger partial charge in [-0.1, -0.05) is 17.3 Å². The second-order valence-electron chi connectivity index (χ2n) is 20.4. The SMILES string of the molecule is CN1CC[C@]23c4c5ccc(O)c4O[C@H]2[C@@H](NC(=O)COCCOCCOCc2cn(CCOCCOCC(=O)N[C@@H]4CC[C@@]6(O)C7Cc8ccc(O)c9c8[C@@]6(CCN7C)[C@H]4O9)nn2)CC[C@@]3(O)C1C5. The summed E-state index contributed by atoms with van der Waals surface area (Å²) in [4.78, 5) is 30.7. The molecule has 5 heterocycles. The van der Waals surface area contributed by atoms with Gasteiger partial charge in [-0.15, -0.1) is 5.10 Å². The molecule has 4 aliphatic heterocycles. The number of aromatic hydroxyl groups is 2. The van der Waals surface area contributed by atoms with Crippen molar-refractivity contribution < 1.29 is 63.2 Å². The van der Waals surface area contributed by atoms with E-state index in [0.717, 1.165) is 35.3 Å². The third-order valence-corrected chi connectivity index (χ3v) is 17.0. The molecule has 2 unspecified atom stereocenters. The molecule has 10 atom stereocenters. The minimum absolute atomic E-state index is 0.0617. The van der Waals surface area contributed by atoms with Gasteiger partial charge in [-0.25, -0.2) is 4.68 Å². The zero-order valence-corrected chi connectivity index (χ0v) is 39.4. The highest BCUT2D eigenvalue weighted by molar-refractivity contribution is 5.78. The van der Waals surface area contributed by atoms with Gasteiger partial charge in [0.15, 0.2) is 23.0 Å². The zero-order valence-electron chi connectivity index (χ0n) is 39.4. The molecule has 4 aliphatic carbocycles. The van der Waals surface area contributed by atoms with E-state index < -0.39 is 34.2 Å². The summed E-state index contributed by atoms with van der Waals surface area (Å²) >= 11 is 0. The third-order valence-electron chi connectivity index (χ3n) is 17.0. The van der Waals surface area contributed by atoms with E-state index in [1.807, 2.05) is 12.1 Å². The highest BCUT2D eigenvalue weighted by atomic mass is 16.5. The highest BCUT2D eigenvalue weighted by Gasteiger charge is 2.74. The zero-order chi connectivity index (χ0) is 47.7. The number of amides is 2. The fourth-order valence-corrected chi connectivity index (χ4v) is 14.0. The van der Waals surface area contributed by atoms with Crippen molar-refractivity contribution in [2.45, 2.75) is 123 Å². The van der Waals surface area contributed by atoms with Crippen LogP contribution in [0.25, 0.3) is 0 Å². The fourth-order valence-electron chi connectivity index (χ4n) is 14.0. The van der Waals surface area contributed by atoms with Gasteiger partial charge < -0.3 is 74.0 Å². The molecule has 20 nitrogen and oxygen atoms in total. The number of aromatic nitrogens is 3. The summed E-state index contributed by atoms with van der Waals surface area (Å²) in [6, 6.07) is 6.42. The van der Waals surface area contributed by atoms with Crippen LogP contribution in [0.4, 0.5) is 0 Å². The number of ether oxygens (including phenoxy) is 7. The van der Waals surface area contributed by atoms with E-state index in [4.69, 9.17) is 33.2 Å². The van der Waals surface area contributed by atoms with E-state index in [0.29, 0.717) is 94.9 Å². The molecule has 3 aromatic rings. The maximum atomic E-state index is 13.1. The van der Waals surface area contributed by atoms with Crippen molar-refractivity contribution in [1.82, 2.24) is 35.4 Å². The molecule has 2 spiro atoms. The van der Waals surface area contributed by atoms with Crippen molar-refractivity contribution >= 4 is 11.8 Å². The number of carbonyl (C=O) groups is 2. The molecular formula is C49H65N7O13. The average molecular weight is 960 g/mol. The number of nitrogens with zero attached hydrogens (tertiary/aromatic N) is 5. The molecule has 69 heavy (non-hydrogen) atoms. The number of benzene rings is 2. The van der Waals surface area contributed by atoms with Gasteiger partial charge in [-0.2, -0.15) is 0 Å². The first kappa shape index (κ1) is 46.7. The first-order valence-corrected chi connectivity index (χ1v) is 24.6. The lowest BCUT2D eigenvalue weighted by Gasteiger charge is -2.63. The van der Waals surface area contributed by atoms with Gasteiger partial charge in [0, 0.05) is 23.2 Å². The van der Waals surface area contributed by atoms with Crippen LogP contribution in [-0.4, -0.2) is 191 Å². The second kappa shape index (κ2) is 18.2. The maximum absolute atomic E-state index is 13.1. The van der Waals surface area contributed by atoms with E-state index in [2.05, 4.69) is 44.8 Å². The van der Waals surface area contributed by atoms with Crippen LogP contribution in [0.15, 0.2) is 30.5 Å². The summed E-state index contributed by atoms with van der Waals surface area (Å²) in [6.45, 7) is 4.09. The molecule has 0 radical (unpaired) electrons. The summed E-state index contributed by atoms with van der Waals surface area (Å²) < 4.78 is 42.9. The molecule has 8 aliphatic rings. The average Bonchev–Trinajstić information content (AvgIpc) is 4.04. The normalized spacial score (nSPS) is 33.3. The molecule has 2 saturated heterocycles. The molecule has 374 valence electrons. The molecule has 2 amide bonds. The van der Waals surface area contributed by atoms with Crippen LogP contribution in [0, 0.1) is 0 Å². The maximum Gasteiger partial charge on any atom is 0.246 e. The van der Waals surface area contributed by atoms with Crippen molar-refractivity contribution in [1.29, 1.82) is 0 Å². The van der Waals surface area contributed by atoms with Crippen LogP contribution in [0.2, 0.25) is 0 Å². The molecular weight excluding hydrogens is 895 g/mol. The van der Waals surface area contributed by atoms with E-state index in [1.54, 1.807) is 23.0 Å². The number of piperidine rings is 2. The first-order chi connectivity index (χ1) is 33.4. The molecule has 1 aromatic heterocycles. The van der Waals surface area contributed by atoms with Gasteiger partial charge in [-0.05, 0) is 102 Å². The molecule has 2 aromatic carbocycles. The lowest BCUT2D eigenvalue weighted by atomic mass is 9.48. The summed E-state index contributed by atoms with van der Waals surface area (Å²) in [5, 5.41) is 60.7. The van der Waals surface area contributed by atoms with Crippen molar-refractivity contribution in [3.05, 3.63) is 58.4 Å². The van der Waals surface area contributed by atoms with Gasteiger partial charge in [-0.3, -0.25) is 9.59 Å². The van der Waals surface area contributed by atoms with Crippen LogP contribution in [-0.2, 0) is 70.1 Å². The standard InChI is InChI=1S/C49H65N7O13/c1-54-13-11-46-40-29-3-5-34(57)42(40)68-44(46)32(7-9-48(46,61)36(54)23-29)50-38(59)27-66-21-17-63-16-15-56-25-31(52-53-56)26-65-20-18-64-19-22-67-28-39(60)51-33-8-10-49(62)37-24-30-4-6-35(58)43-41(30)47(49,45(33)69-43)12-14-55(37)2/h3-6,25,32-33,36-37,44-45,57-58,61-62H,7-24,26-28H2,1-2H3,(H,50,59)(H,51,60)/t32-,33+,36?,37?,44+,45+,46+,47+,48-,49-/m1/s1. The Balaban J connectivity index is 0.536. The van der Waals surface area contributed by atoms with Crippen LogP contribution in [0.3, 0.4) is 0 Å². The first-order valence-electron chi connectivity index (χ1n) is 24.6. The Kier molecular flexibility index (Phi) is 12.3. The van der Waals surface area contributed by atoms with Crippen molar-refractivity contribution in [3.63, 3.8) is 0 Å². The van der Waals surface area contributed by atoms with Crippen LogP contribution >= 0.6 is 0 Å². The third kappa shape index (κ3) is 7.50. The highest BCUT2D eigenvalue weighted by Crippen LogP contribution is 2.67. The summed E-state index contributed by atoms with van der Waals surface area (Å²) in [5.41, 5.74) is 1.23. The quantitative estimate of drug-likeness (QED) is 0.0830. The van der Waals surface area contributed by atoms with Gasteiger partial charge in [0.25, 0.3) is 0 Å². The number of likely N-dealkylation sites (N-methyl/N-ethyl adjacent to an activating group) is 2. The Labute approximate surface area is 400 Å². The van der Waals surface area contributed by atoms with Crippen LogP contribution < -0.4 is 20.1 Å². The molecule has 11 rings (SSSR count). The number of phenols is 2. The van der Waals surface area contributed by atoms with Gasteiger partial charge in [0.1, 0.15) is 31.1 Å². The number of hydrogen-bond donors (Lipinski definition) is 6. The molecule has 2 saturated carbocycles. The summed E-state index contributed by atoms with van der Waals surface area (Å²) in [6.07, 6.45) is 5.67. The van der Waals surface area contributed by atoms with Gasteiger partial charge in [0.05, 0.1) is 99.7 Å². The number of carbonyl (C=O) groups excluding carboxylic acids is 2. The van der Waals surface area contributed by atoms with Crippen LogP contribution in [0.1, 0.15) is 66.5 Å². The minimum atomic E-state index is -1.02. The van der Waals surface area contributed by atoms with Crippen molar-refractivity contribution in [3.8, 4) is 23.0 Å². The summed E-state index contributed by atoms with van der Waals surface area (Å²) in [5.74, 6) is 0.488. The number of phenolic OH excluding ortho intramolecular Hbond substituents is 2. The lowest BCUT2D eigenvalue weighted by molar-refractivity contribution is -0.187. The van der Waals surface area contributed by atoms with E-state index in [1.165, 1.54) is 0 Å². The minimum Gasteiger partial charge on any atom is -0.504 e. The van der Waals surface area contributed by atoms with Crippen molar-refractivity contribution in [2.75, 3.05) is 86.6 Å². The Bertz CT molecular complexity index is 2440. The van der Waals surface area contributed by atoms with Gasteiger partial charge >= 0.3 is 0 Å². The van der Waals surface area contributed by atoms with Crippen LogP contribution in [0.5, 0.6) is 23.0 Å². The lowest BCUT2D eigenvalue weighted by Crippen LogP contribution is -2.77. The number of likely N-dealkylation sites (tertiary alicyclic amines) is 2. The topological polar surface area (TPSA) is 241 Å². The van der Waals surface area contributed by atoms with Crippen molar-refractivity contribution in [2.24, 2.45) is 0 Å². The predicted octanol–water partition coefficient (Wildman–Crippen LogP) is 0.210. The number of hydrogen-bond acceptors (Lipinski definition) is 17. The smallest absolute Gasteiger partial charge is 0.246 e. The molecule has 20 heteroatoms. The number of nitrogens with one attached hydrogen (secondary N) is 2. The fraction of sp³-hybridized carbons (Fsp3) is 0.673. The number of rotatable bonds is 20. The Morgan fingerprint density at radius 2 is 1.16 bits per heavy atom. The van der Waals surface area contributed by atoms with E-state index in [-0.39, 0.29) is 93.7 Å². The van der Waals surface area contributed by atoms with Gasteiger partial charge in [0.2, 0.25) is 11.8 Å². The second-order valence-corrected chi connectivity index (χ2v) is 20.4. The largest absolute Gasteiger partial charge is 0.504 e. The molecule has 6 N–H and O–H groups in total. The van der Waals surface area contributed by atoms with E-state index in [9.17, 15) is 30.0 Å². The Morgan fingerprint density at radius 3 is 1.68 bits per heavy atom. The Morgan fingerprint density at radius 1 is 0.681 bits per heavy atom. The van der Waals surface area contributed by atoms with E-state index >= 15 is 0 Å². The molecule has 4 bridgehead atoms. The predicted molar refractivity (Wildman–Crippen MR) is 243 cm³/mol. The summed E-state index contributed by atoms with van der Waals surface area (Å²) in [7, 11) is 4.11. The molecule has 4 fully saturated rings. The number of aliphatic hydroxyl groups is 2. The monoisotopic (exact) mass is 959 g/mol. The Hall–Kier alpha value is -4.64.